The first-order chi connectivity index (χ1) is 12.4. The highest BCUT2D eigenvalue weighted by atomic mass is 35.5. The number of hydrogen-bond acceptors (Lipinski definition) is 4. The first-order valence-corrected chi connectivity index (χ1v) is 10.9. The molecule has 0 aliphatic carbocycles. The fourth-order valence-corrected chi connectivity index (χ4v) is 5.39. The zero-order chi connectivity index (χ0) is 18.7. The minimum atomic E-state index is -3.75. The van der Waals surface area contributed by atoms with Crippen molar-refractivity contribution in [1.29, 1.82) is 0 Å². The van der Waals surface area contributed by atoms with Gasteiger partial charge in [-0.2, -0.15) is 4.31 Å². The largest absolute Gasteiger partial charge is 0.337 e. The molecular weight excluding hydrogens is 415 g/mol. The average Bonchev–Trinajstić information content (AvgIpc) is 3.15. The van der Waals surface area contributed by atoms with E-state index in [0.717, 1.165) is 4.88 Å². The third-order valence-electron chi connectivity index (χ3n) is 3.99. The van der Waals surface area contributed by atoms with Crippen LogP contribution in [0.5, 0.6) is 0 Å². The Morgan fingerprint density at radius 1 is 1.12 bits per heavy atom. The van der Waals surface area contributed by atoms with E-state index in [2.05, 4.69) is 0 Å². The van der Waals surface area contributed by atoms with Gasteiger partial charge in [-0.05, 0) is 35.7 Å². The first-order valence-electron chi connectivity index (χ1n) is 7.83. The van der Waals surface area contributed by atoms with Gasteiger partial charge in [-0.15, -0.1) is 11.3 Å². The molecule has 3 rings (SSSR count). The molecule has 0 N–H and O–H groups in total. The quantitative estimate of drug-likeness (QED) is 0.696. The van der Waals surface area contributed by atoms with Crippen molar-refractivity contribution < 1.29 is 13.2 Å². The molecule has 0 atom stereocenters. The molecule has 0 radical (unpaired) electrons. The molecule has 0 spiro atoms. The van der Waals surface area contributed by atoms with E-state index < -0.39 is 10.0 Å². The topological polar surface area (TPSA) is 57.7 Å². The second kappa shape index (κ2) is 8.10. The zero-order valence-electron chi connectivity index (χ0n) is 13.6. The summed E-state index contributed by atoms with van der Waals surface area (Å²) in [6, 6.07) is 8.19. The van der Waals surface area contributed by atoms with Crippen LogP contribution in [0, 0.1) is 0 Å². The number of thiophene rings is 1. The van der Waals surface area contributed by atoms with Gasteiger partial charge in [-0.25, -0.2) is 8.42 Å². The average molecular weight is 431 g/mol. The van der Waals surface area contributed by atoms with Crippen LogP contribution in [0.2, 0.25) is 10.0 Å². The lowest BCUT2D eigenvalue weighted by atomic mass is 10.3. The molecule has 5 nitrogen and oxygen atoms in total. The summed E-state index contributed by atoms with van der Waals surface area (Å²) in [6.07, 6.45) is 3.28. The molecule has 2 heterocycles. The smallest absolute Gasteiger partial charge is 0.246 e. The SMILES string of the molecule is O=C(/C=C/c1cccs1)N1CCN(S(=O)(=O)c2cc(Cl)ccc2Cl)CC1. The lowest BCUT2D eigenvalue weighted by Crippen LogP contribution is -2.50. The Hall–Kier alpha value is -1.38. The normalized spacial score (nSPS) is 16.3. The van der Waals surface area contributed by atoms with Gasteiger partial charge in [0.1, 0.15) is 4.90 Å². The van der Waals surface area contributed by atoms with Gasteiger partial charge in [0.05, 0.1) is 5.02 Å². The third kappa shape index (κ3) is 4.29. The van der Waals surface area contributed by atoms with Crippen molar-refractivity contribution in [1.82, 2.24) is 9.21 Å². The van der Waals surface area contributed by atoms with Gasteiger partial charge in [0, 0.05) is 42.2 Å². The first kappa shape index (κ1) is 19.4. The van der Waals surface area contributed by atoms with Crippen LogP contribution in [0.1, 0.15) is 4.88 Å². The van der Waals surface area contributed by atoms with Crippen LogP contribution in [0.25, 0.3) is 6.08 Å². The molecule has 1 fully saturated rings. The van der Waals surface area contributed by atoms with Crippen LogP contribution in [0.4, 0.5) is 0 Å². The summed E-state index contributed by atoms with van der Waals surface area (Å²) >= 11 is 13.5. The standard InChI is InChI=1S/C17H16Cl2N2O3S2/c18-13-3-5-15(19)16(12-13)26(23,24)21-9-7-20(8-10-21)17(22)6-4-14-2-1-11-25-14/h1-6,11-12H,7-10H2/b6-4+. The van der Waals surface area contributed by atoms with Crippen molar-refractivity contribution in [3.8, 4) is 0 Å². The number of carbonyl (C=O) groups is 1. The molecular formula is C17H16Cl2N2O3S2. The highest BCUT2D eigenvalue weighted by Crippen LogP contribution is 2.28. The molecule has 26 heavy (non-hydrogen) atoms. The van der Waals surface area contributed by atoms with Crippen LogP contribution >= 0.6 is 34.5 Å². The number of benzene rings is 1. The summed E-state index contributed by atoms with van der Waals surface area (Å²) < 4.78 is 26.9. The summed E-state index contributed by atoms with van der Waals surface area (Å²) in [5, 5.41) is 2.38. The van der Waals surface area contributed by atoms with E-state index >= 15 is 0 Å². The van der Waals surface area contributed by atoms with Crippen molar-refractivity contribution in [2.24, 2.45) is 0 Å². The van der Waals surface area contributed by atoms with Crippen molar-refractivity contribution in [2.75, 3.05) is 26.2 Å². The molecule has 2 aromatic rings. The second-order valence-corrected chi connectivity index (χ2v) is 9.38. The van der Waals surface area contributed by atoms with Gasteiger partial charge in [0.25, 0.3) is 0 Å². The Balaban J connectivity index is 1.66. The fourth-order valence-electron chi connectivity index (χ4n) is 2.61. The Labute approximate surface area is 166 Å². The van der Waals surface area contributed by atoms with Crippen LogP contribution in [0.15, 0.2) is 46.7 Å². The van der Waals surface area contributed by atoms with E-state index in [4.69, 9.17) is 23.2 Å². The minimum absolute atomic E-state index is 0.0102. The maximum Gasteiger partial charge on any atom is 0.246 e. The molecule has 1 aliphatic heterocycles. The molecule has 1 saturated heterocycles. The number of amides is 1. The van der Waals surface area contributed by atoms with Crippen LogP contribution in [0.3, 0.4) is 0 Å². The van der Waals surface area contributed by atoms with Crippen LogP contribution in [-0.4, -0.2) is 49.7 Å². The molecule has 138 valence electrons. The Kier molecular flexibility index (Phi) is 6.04. The Bertz CT molecular complexity index is 919. The predicted octanol–water partition coefficient (Wildman–Crippen LogP) is 3.60. The number of carbonyl (C=O) groups excluding carboxylic acids is 1. The van der Waals surface area contributed by atoms with E-state index in [1.165, 1.54) is 22.5 Å². The maximum absolute atomic E-state index is 12.8. The summed E-state index contributed by atoms with van der Waals surface area (Å²) in [5.41, 5.74) is 0. The molecule has 0 bridgehead atoms. The maximum atomic E-state index is 12.8. The highest BCUT2D eigenvalue weighted by molar-refractivity contribution is 7.89. The number of piperazine rings is 1. The third-order valence-corrected chi connectivity index (χ3v) is 7.45. The van der Waals surface area contributed by atoms with Gasteiger partial charge >= 0.3 is 0 Å². The van der Waals surface area contributed by atoms with Crippen molar-refractivity contribution in [3.63, 3.8) is 0 Å². The van der Waals surface area contributed by atoms with E-state index in [1.807, 2.05) is 17.5 Å². The zero-order valence-corrected chi connectivity index (χ0v) is 16.8. The monoisotopic (exact) mass is 430 g/mol. The lowest BCUT2D eigenvalue weighted by molar-refractivity contribution is -0.127. The van der Waals surface area contributed by atoms with E-state index in [0.29, 0.717) is 18.1 Å². The van der Waals surface area contributed by atoms with Crippen LogP contribution in [-0.2, 0) is 14.8 Å². The van der Waals surface area contributed by atoms with Gasteiger partial charge in [0.2, 0.25) is 15.9 Å². The lowest BCUT2D eigenvalue weighted by Gasteiger charge is -2.33. The fraction of sp³-hybridized carbons (Fsp3) is 0.235. The molecule has 0 unspecified atom stereocenters. The van der Waals surface area contributed by atoms with Gasteiger partial charge in [0.15, 0.2) is 0 Å². The Morgan fingerprint density at radius 3 is 2.50 bits per heavy atom. The van der Waals surface area contributed by atoms with Crippen molar-refractivity contribution in [2.45, 2.75) is 4.90 Å². The number of sulfonamides is 1. The summed E-state index contributed by atoms with van der Waals surface area (Å²) in [4.78, 5) is 14.9. The summed E-state index contributed by atoms with van der Waals surface area (Å²) in [7, 11) is -3.75. The van der Waals surface area contributed by atoms with Gasteiger partial charge in [-0.1, -0.05) is 29.3 Å². The van der Waals surface area contributed by atoms with Crippen molar-refractivity contribution >= 4 is 56.5 Å². The molecule has 0 saturated carbocycles. The summed E-state index contributed by atoms with van der Waals surface area (Å²) in [5.74, 6) is -0.128. The van der Waals surface area contributed by atoms with E-state index in [1.54, 1.807) is 28.4 Å². The minimum Gasteiger partial charge on any atom is -0.337 e. The highest BCUT2D eigenvalue weighted by Gasteiger charge is 2.31. The molecule has 1 aromatic heterocycles. The predicted molar refractivity (Wildman–Crippen MR) is 105 cm³/mol. The number of rotatable bonds is 4. The summed E-state index contributed by atoms with van der Waals surface area (Å²) in [6.45, 7) is 1.07. The number of halogens is 2. The van der Waals surface area contributed by atoms with Gasteiger partial charge in [-0.3, -0.25) is 4.79 Å². The molecule has 1 amide bonds. The van der Waals surface area contributed by atoms with E-state index in [-0.39, 0.29) is 28.9 Å². The molecule has 1 aromatic carbocycles. The second-order valence-electron chi connectivity index (χ2n) is 5.65. The van der Waals surface area contributed by atoms with Gasteiger partial charge < -0.3 is 4.90 Å². The Morgan fingerprint density at radius 2 is 1.85 bits per heavy atom. The van der Waals surface area contributed by atoms with Crippen molar-refractivity contribution in [3.05, 3.63) is 56.7 Å². The van der Waals surface area contributed by atoms with Crippen LogP contribution < -0.4 is 0 Å². The molecule has 1 aliphatic rings. The molecule has 9 heteroatoms. The van der Waals surface area contributed by atoms with E-state index in [9.17, 15) is 13.2 Å². The number of hydrogen-bond donors (Lipinski definition) is 0. The number of nitrogens with zero attached hydrogens (tertiary/aromatic N) is 2.